The number of benzene rings is 1. The number of rotatable bonds is 7. The summed E-state index contributed by atoms with van der Waals surface area (Å²) in [5.41, 5.74) is 0. The molecule has 8 heteroatoms. The molecule has 0 radical (unpaired) electrons. The Morgan fingerprint density at radius 3 is 2.58 bits per heavy atom. The van der Waals surface area contributed by atoms with Gasteiger partial charge >= 0.3 is 0 Å². The summed E-state index contributed by atoms with van der Waals surface area (Å²) in [4.78, 5) is -0.425. The van der Waals surface area contributed by atoms with Crippen molar-refractivity contribution in [3.05, 3.63) is 29.0 Å². The Balaban J connectivity index is 0.00000324. The van der Waals surface area contributed by atoms with Crippen LogP contribution in [0.5, 0.6) is 0 Å². The van der Waals surface area contributed by atoms with Crippen LogP contribution in [0.1, 0.15) is 13.3 Å². The summed E-state index contributed by atoms with van der Waals surface area (Å²) in [6.07, 6.45) is 0.968. The Morgan fingerprint density at radius 2 is 1.95 bits per heavy atom. The van der Waals surface area contributed by atoms with Gasteiger partial charge in [-0.05, 0) is 31.2 Å². The minimum absolute atomic E-state index is 0. The number of nitrogens with one attached hydrogen (secondary N) is 2. The molecule has 0 aliphatic carbocycles. The predicted octanol–water partition coefficient (Wildman–Crippen LogP) is 2.18. The minimum atomic E-state index is -3.85. The van der Waals surface area contributed by atoms with E-state index in [2.05, 4.69) is 10.0 Å². The lowest BCUT2D eigenvalue weighted by Gasteiger charge is -2.08. The molecule has 1 aromatic rings. The van der Waals surface area contributed by atoms with Crippen molar-refractivity contribution in [3.63, 3.8) is 0 Å². The van der Waals surface area contributed by atoms with Crippen molar-refractivity contribution < 1.29 is 12.8 Å². The molecule has 0 aromatic heterocycles. The second-order valence-corrected chi connectivity index (χ2v) is 5.89. The van der Waals surface area contributed by atoms with Crippen LogP contribution in [0.3, 0.4) is 0 Å². The summed E-state index contributed by atoms with van der Waals surface area (Å²) >= 11 is 5.65. The van der Waals surface area contributed by atoms with Crippen molar-refractivity contribution in [2.75, 3.05) is 19.6 Å². The van der Waals surface area contributed by atoms with E-state index in [-0.39, 0.29) is 24.0 Å². The molecular weight excluding hydrogens is 314 g/mol. The molecule has 0 aliphatic rings. The van der Waals surface area contributed by atoms with Crippen molar-refractivity contribution in [3.8, 4) is 0 Å². The number of sulfonamides is 1. The third-order valence-electron chi connectivity index (χ3n) is 2.20. The summed E-state index contributed by atoms with van der Waals surface area (Å²) in [7, 11) is -3.85. The molecule has 0 saturated carbocycles. The molecule has 0 aliphatic heterocycles. The van der Waals surface area contributed by atoms with Crippen LogP contribution >= 0.6 is 24.0 Å². The molecule has 0 spiro atoms. The first-order valence-corrected chi connectivity index (χ1v) is 7.49. The molecule has 0 fully saturated rings. The van der Waals surface area contributed by atoms with E-state index in [4.69, 9.17) is 11.6 Å². The summed E-state index contributed by atoms with van der Waals surface area (Å²) < 4.78 is 39.3. The lowest BCUT2D eigenvalue weighted by molar-refractivity contribution is 0.554. The highest BCUT2D eigenvalue weighted by molar-refractivity contribution is 7.89. The molecule has 1 rings (SSSR count). The zero-order valence-corrected chi connectivity index (χ0v) is 12.8. The van der Waals surface area contributed by atoms with Crippen LogP contribution in [-0.4, -0.2) is 28.1 Å². The molecule has 4 nitrogen and oxygen atoms in total. The largest absolute Gasteiger partial charge is 0.315 e. The van der Waals surface area contributed by atoms with Crippen molar-refractivity contribution in [2.24, 2.45) is 0 Å². The SMILES string of the molecule is CCCNCCNS(=O)(=O)c1cc(Cl)ccc1F.Cl. The molecule has 0 heterocycles. The lowest BCUT2D eigenvalue weighted by Crippen LogP contribution is -2.32. The molecule has 0 saturated heterocycles. The normalized spacial score (nSPS) is 11.1. The third-order valence-corrected chi connectivity index (χ3v) is 3.91. The highest BCUT2D eigenvalue weighted by atomic mass is 35.5. The van der Waals surface area contributed by atoms with E-state index in [0.29, 0.717) is 6.54 Å². The fraction of sp³-hybridized carbons (Fsp3) is 0.455. The Bertz CT molecular complexity index is 497. The van der Waals surface area contributed by atoms with Crippen molar-refractivity contribution in [1.82, 2.24) is 10.0 Å². The van der Waals surface area contributed by atoms with Gasteiger partial charge in [0.25, 0.3) is 0 Å². The van der Waals surface area contributed by atoms with Crippen molar-refractivity contribution in [2.45, 2.75) is 18.2 Å². The van der Waals surface area contributed by atoms with E-state index < -0.39 is 20.7 Å². The predicted molar refractivity (Wildman–Crippen MR) is 77.0 cm³/mol. The van der Waals surface area contributed by atoms with Gasteiger partial charge < -0.3 is 5.32 Å². The standard InChI is InChI=1S/C11H16ClFN2O2S.ClH/c1-2-5-14-6-7-15-18(16,17)11-8-9(12)3-4-10(11)13;/h3-4,8,14-15H,2,5-7H2,1H3;1H. The molecule has 1 aromatic carbocycles. The molecule has 19 heavy (non-hydrogen) atoms. The summed E-state index contributed by atoms with van der Waals surface area (Å²) in [6, 6.07) is 3.43. The van der Waals surface area contributed by atoms with Crippen LogP contribution in [0.15, 0.2) is 23.1 Å². The first kappa shape index (κ1) is 18.6. The highest BCUT2D eigenvalue weighted by Gasteiger charge is 2.18. The third kappa shape index (κ3) is 6.05. The highest BCUT2D eigenvalue weighted by Crippen LogP contribution is 2.19. The molecule has 0 atom stereocenters. The van der Waals surface area contributed by atoms with E-state index in [0.717, 1.165) is 25.1 Å². The first-order valence-electron chi connectivity index (χ1n) is 5.63. The minimum Gasteiger partial charge on any atom is -0.315 e. The van der Waals surface area contributed by atoms with Crippen LogP contribution in [0.4, 0.5) is 4.39 Å². The maximum Gasteiger partial charge on any atom is 0.243 e. The van der Waals surface area contributed by atoms with Gasteiger partial charge in [0.1, 0.15) is 10.7 Å². The van der Waals surface area contributed by atoms with Gasteiger partial charge in [0, 0.05) is 18.1 Å². The number of hydrogen-bond donors (Lipinski definition) is 2. The Morgan fingerprint density at radius 1 is 1.26 bits per heavy atom. The monoisotopic (exact) mass is 330 g/mol. The van der Waals surface area contributed by atoms with E-state index in [1.54, 1.807) is 0 Å². The fourth-order valence-electron chi connectivity index (χ4n) is 1.34. The number of halogens is 3. The molecule has 0 unspecified atom stereocenters. The average Bonchev–Trinajstić information content (AvgIpc) is 2.32. The zero-order chi connectivity index (χ0) is 13.6. The average molecular weight is 331 g/mol. The Labute approximate surface area is 124 Å². The Hall–Kier alpha value is -0.400. The van der Waals surface area contributed by atoms with Gasteiger partial charge in [0.15, 0.2) is 0 Å². The van der Waals surface area contributed by atoms with Crippen LogP contribution < -0.4 is 10.0 Å². The maximum atomic E-state index is 13.4. The molecule has 2 N–H and O–H groups in total. The van der Waals surface area contributed by atoms with E-state index in [1.807, 2.05) is 6.92 Å². The molecule has 0 bridgehead atoms. The van der Waals surface area contributed by atoms with Crippen LogP contribution in [0.2, 0.25) is 5.02 Å². The van der Waals surface area contributed by atoms with Gasteiger partial charge in [0.05, 0.1) is 0 Å². The molecular formula is C11H17Cl2FN2O2S. The second-order valence-electron chi connectivity index (χ2n) is 3.72. The van der Waals surface area contributed by atoms with Crippen molar-refractivity contribution in [1.29, 1.82) is 0 Å². The Kier molecular flexibility index (Phi) is 8.52. The second kappa shape index (κ2) is 8.71. The summed E-state index contributed by atoms with van der Waals surface area (Å²) in [6.45, 7) is 3.52. The van der Waals surface area contributed by atoms with Gasteiger partial charge in [0.2, 0.25) is 10.0 Å². The van der Waals surface area contributed by atoms with Crippen LogP contribution in [-0.2, 0) is 10.0 Å². The van der Waals surface area contributed by atoms with E-state index >= 15 is 0 Å². The first-order chi connectivity index (χ1) is 8.47. The lowest BCUT2D eigenvalue weighted by atomic mass is 10.3. The number of hydrogen-bond acceptors (Lipinski definition) is 3. The van der Waals surface area contributed by atoms with Crippen LogP contribution in [0.25, 0.3) is 0 Å². The zero-order valence-electron chi connectivity index (χ0n) is 10.4. The summed E-state index contributed by atoms with van der Waals surface area (Å²) in [5.74, 6) is -0.812. The smallest absolute Gasteiger partial charge is 0.243 e. The molecule has 0 amide bonds. The summed E-state index contributed by atoms with van der Waals surface area (Å²) in [5, 5.41) is 3.22. The van der Waals surface area contributed by atoms with Gasteiger partial charge in [-0.25, -0.2) is 17.5 Å². The van der Waals surface area contributed by atoms with Gasteiger partial charge in [-0.3, -0.25) is 0 Å². The van der Waals surface area contributed by atoms with Gasteiger partial charge in [-0.1, -0.05) is 18.5 Å². The van der Waals surface area contributed by atoms with Gasteiger partial charge in [-0.2, -0.15) is 0 Å². The van der Waals surface area contributed by atoms with Crippen molar-refractivity contribution >= 4 is 34.0 Å². The topological polar surface area (TPSA) is 58.2 Å². The fourth-order valence-corrected chi connectivity index (χ4v) is 2.71. The van der Waals surface area contributed by atoms with E-state index in [1.165, 1.54) is 6.07 Å². The van der Waals surface area contributed by atoms with E-state index in [9.17, 15) is 12.8 Å². The molecule has 110 valence electrons. The van der Waals surface area contributed by atoms with Gasteiger partial charge in [-0.15, -0.1) is 12.4 Å². The quantitative estimate of drug-likeness (QED) is 0.753. The maximum absolute atomic E-state index is 13.4. The van der Waals surface area contributed by atoms with Crippen LogP contribution in [0, 0.1) is 5.82 Å².